The third kappa shape index (κ3) is 6.05. The molecule has 0 aromatic heterocycles. The molecule has 0 spiro atoms. The van der Waals surface area contributed by atoms with Gasteiger partial charge in [-0.2, -0.15) is 0 Å². The third-order valence-electron chi connectivity index (χ3n) is 4.43. The highest BCUT2D eigenvalue weighted by Gasteiger charge is 2.26. The molecule has 1 aliphatic carbocycles. The summed E-state index contributed by atoms with van der Waals surface area (Å²) in [4.78, 5) is 10.6. The zero-order valence-corrected chi connectivity index (χ0v) is 14.7. The Morgan fingerprint density at radius 2 is 2.00 bits per heavy atom. The van der Waals surface area contributed by atoms with Crippen LogP contribution in [0.1, 0.15) is 66.7 Å². The van der Waals surface area contributed by atoms with Gasteiger partial charge in [-0.15, -0.1) is 0 Å². The standard InChI is InChI=1S/C20H30O2/c1-15(8-6-9-16(2)14-19(21)22)11-12-18-17(3)10-7-13-20(18,4)5/h8,11-12,14H,6-7,9-10,13H2,1-5H3,(H,21,22)/b12-11+,15-8-,16-14+. The SMILES string of the molecule is CC1=C(/C=C/C(C)=C\CC/C(C)=C/C(=O)O)C(C)(C)CCC1. The average molecular weight is 302 g/mol. The van der Waals surface area contributed by atoms with Gasteiger partial charge in [-0.05, 0) is 63.9 Å². The van der Waals surface area contributed by atoms with E-state index in [0.717, 1.165) is 18.4 Å². The van der Waals surface area contributed by atoms with Crippen molar-refractivity contribution in [3.63, 3.8) is 0 Å². The van der Waals surface area contributed by atoms with Crippen molar-refractivity contribution < 1.29 is 9.90 Å². The molecule has 0 heterocycles. The lowest BCUT2D eigenvalue weighted by molar-refractivity contribution is -0.131. The van der Waals surface area contributed by atoms with Gasteiger partial charge in [0.15, 0.2) is 0 Å². The Kier molecular flexibility index (Phi) is 6.86. The summed E-state index contributed by atoms with van der Waals surface area (Å²) < 4.78 is 0. The molecule has 0 unspecified atom stereocenters. The van der Waals surface area contributed by atoms with Crippen molar-refractivity contribution in [2.75, 3.05) is 0 Å². The molecular weight excluding hydrogens is 272 g/mol. The predicted molar refractivity (Wildman–Crippen MR) is 93.9 cm³/mol. The Hall–Kier alpha value is -1.57. The molecule has 1 aliphatic rings. The first-order valence-electron chi connectivity index (χ1n) is 8.17. The second-order valence-corrected chi connectivity index (χ2v) is 7.08. The fourth-order valence-electron chi connectivity index (χ4n) is 3.10. The first kappa shape index (κ1) is 18.5. The zero-order chi connectivity index (χ0) is 16.8. The summed E-state index contributed by atoms with van der Waals surface area (Å²) >= 11 is 0. The van der Waals surface area contributed by atoms with Crippen LogP contribution in [0.25, 0.3) is 0 Å². The van der Waals surface area contributed by atoms with Crippen molar-refractivity contribution in [1.29, 1.82) is 0 Å². The molecule has 22 heavy (non-hydrogen) atoms. The highest BCUT2D eigenvalue weighted by molar-refractivity contribution is 5.80. The van der Waals surface area contributed by atoms with Crippen LogP contribution in [0.2, 0.25) is 0 Å². The van der Waals surface area contributed by atoms with Gasteiger partial charge < -0.3 is 5.11 Å². The molecule has 0 saturated carbocycles. The molecule has 0 bridgehead atoms. The van der Waals surface area contributed by atoms with Gasteiger partial charge in [-0.25, -0.2) is 4.79 Å². The van der Waals surface area contributed by atoms with Crippen LogP contribution in [0.3, 0.4) is 0 Å². The minimum absolute atomic E-state index is 0.278. The monoisotopic (exact) mass is 302 g/mol. The van der Waals surface area contributed by atoms with Crippen molar-refractivity contribution in [2.24, 2.45) is 5.41 Å². The van der Waals surface area contributed by atoms with Gasteiger partial charge in [0.25, 0.3) is 0 Å². The third-order valence-corrected chi connectivity index (χ3v) is 4.43. The van der Waals surface area contributed by atoms with Crippen LogP contribution in [-0.2, 0) is 4.79 Å². The van der Waals surface area contributed by atoms with Gasteiger partial charge in [0.05, 0.1) is 0 Å². The maximum atomic E-state index is 10.6. The topological polar surface area (TPSA) is 37.3 Å². The Bertz CT molecular complexity index is 528. The van der Waals surface area contributed by atoms with E-state index < -0.39 is 5.97 Å². The van der Waals surface area contributed by atoms with Gasteiger partial charge in [0.1, 0.15) is 0 Å². The van der Waals surface area contributed by atoms with Gasteiger partial charge in [-0.1, -0.05) is 48.8 Å². The average Bonchev–Trinajstić information content (AvgIpc) is 2.36. The molecule has 0 aromatic carbocycles. The van der Waals surface area contributed by atoms with Crippen molar-refractivity contribution >= 4 is 5.97 Å². The molecule has 0 fully saturated rings. The number of carboxylic acids is 1. The lowest BCUT2D eigenvalue weighted by Crippen LogP contribution is -2.19. The number of carbonyl (C=O) groups is 1. The van der Waals surface area contributed by atoms with Gasteiger partial charge in [-0.3, -0.25) is 0 Å². The Balaban J connectivity index is 2.65. The molecule has 1 rings (SSSR count). The molecule has 1 N–H and O–H groups in total. The highest BCUT2D eigenvalue weighted by atomic mass is 16.4. The molecule has 2 heteroatoms. The number of carboxylic acid groups (broad SMARTS) is 1. The maximum Gasteiger partial charge on any atom is 0.328 e. The normalized spacial score (nSPS) is 19.9. The molecule has 0 aliphatic heterocycles. The summed E-state index contributed by atoms with van der Waals surface area (Å²) in [6.45, 7) is 10.9. The van der Waals surface area contributed by atoms with E-state index in [1.165, 1.54) is 42.1 Å². The van der Waals surface area contributed by atoms with E-state index in [0.29, 0.717) is 0 Å². The second kappa shape index (κ2) is 8.17. The number of aliphatic carboxylic acids is 1. The Labute approximate surface area is 135 Å². The molecule has 0 saturated heterocycles. The van der Waals surface area contributed by atoms with Crippen molar-refractivity contribution in [2.45, 2.75) is 66.7 Å². The summed E-state index contributed by atoms with van der Waals surface area (Å²) in [6.07, 6.45) is 13.4. The van der Waals surface area contributed by atoms with Crippen molar-refractivity contribution in [3.8, 4) is 0 Å². The summed E-state index contributed by atoms with van der Waals surface area (Å²) in [5.41, 5.74) is 5.42. The van der Waals surface area contributed by atoms with Crippen molar-refractivity contribution in [3.05, 3.63) is 46.6 Å². The maximum absolute atomic E-state index is 10.6. The number of hydrogen-bond donors (Lipinski definition) is 1. The van der Waals surface area contributed by atoms with Crippen LogP contribution in [0, 0.1) is 5.41 Å². The Morgan fingerprint density at radius 1 is 1.32 bits per heavy atom. The van der Waals surface area contributed by atoms with Gasteiger partial charge in [0.2, 0.25) is 0 Å². The summed E-state index contributed by atoms with van der Waals surface area (Å²) in [6, 6.07) is 0. The van der Waals surface area contributed by atoms with E-state index in [9.17, 15) is 4.79 Å². The van der Waals surface area contributed by atoms with E-state index in [2.05, 4.69) is 45.9 Å². The summed E-state index contributed by atoms with van der Waals surface area (Å²) in [5.74, 6) is -0.861. The van der Waals surface area contributed by atoms with Crippen LogP contribution in [0.15, 0.2) is 46.6 Å². The van der Waals surface area contributed by atoms with Gasteiger partial charge >= 0.3 is 5.97 Å². The van der Waals surface area contributed by atoms with E-state index in [1.54, 1.807) is 0 Å². The number of hydrogen-bond acceptors (Lipinski definition) is 1. The molecular formula is C20H30O2. The van der Waals surface area contributed by atoms with Crippen LogP contribution >= 0.6 is 0 Å². The van der Waals surface area contributed by atoms with Crippen molar-refractivity contribution in [1.82, 2.24) is 0 Å². The zero-order valence-electron chi connectivity index (χ0n) is 14.7. The van der Waals surface area contributed by atoms with Crippen LogP contribution in [-0.4, -0.2) is 11.1 Å². The van der Waals surface area contributed by atoms with Crippen LogP contribution in [0.4, 0.5) is 0 Å². The lowest BCUT2D eigenvalue weighted by Gasteiger charge is -2.32. The summed E-state index contributed by atoms with van der Waals surface area (Å²) in [5, 5.41) is 8.69. The Morgan fingerprint density at radius 3 is 2.59 bits per heavy atom. The first-order valence-corrected chi connectivity index (χ1v) is 8.17. The second-order valence-electron chi connectivity index (χ2n) is 7.08. The number of allylic oxidation sites excluding steroid dienone is 7. The number of rotatable bonds is 6. The fourth-order valence-corrected chi connectivity index (χ4v) is 3.10. The quantitative estimate of drug-likeness (QED) is 0.495. The fraction of sp³-hybridized carbons (Fsp3) is 0.550. The van der Waals surface area contributed by atoms with Gasteiger partial charge in [0, 0.05) is 6.08 Å². The lowest BCUT2D eigenvalue weighted by atomic mass is 9.72. The largest absolute Gasteiger partial charge is 0.478 e. The molecule has 122 valence electrons. The van der Waals surface area contributed by atoms with E-state index in [-0.39, 0.29) is 5.41 Å². The van der Waals surface area contributed by atoms with E-state index >= 15 is 0 Å². The summed E-state index contributed by atoms with van der Waals surface area (Å²) in [7, 11) is 0. The minimum Gasteiger partial charge on any atom is -0.478 e. The molecule has 2 nitrogen and oxygen atoms in total. The first-order chi connectivity index (χ1) is 10.2. The highest BCUT2D eigenvalue weighted by Crippen LogP contribution is 2.40. The molecule has 0 aromatic rings. The minimum atomic E-state index is -0.861. The predicted octanol–water partition coefficient (Wildman–Crippen LogP) is 5.83. The van der Waals surface area contributed by atoms with E-state index in [1.807, 2.05) is 6.92 Å². The van der Waals surface area contributed by atoms with Crippen LogP contribution < -0.4 is 0 Å². The molecule has 0 atom stereocenters. The molecule has 0 amide bonds. The molecule has 0 radical (unpaired) electrons. The van der Waals surface area contributed by atoms with E-state index in [4.69, 9.17) is 5.11 Å². The van der Waals surface area contributed by atoms with Crippen LogP contribution in [0.5, 0.6) is 0 Å². The smallest absolute Gasteiger partial charge is 0.328 e.